The van der Waals surface area contributed by atoms with Gasteiger partial charge in [-0.15, -0.1) is 0 Å². The van der Waals surface area contributed by atoms with Crippen LogP contribution in [0.5, 0.6) is 5.75 Å². The monoisotopic (exact) mass is 382 g/mol. The number of para-hydroxylation sites is 2. The summed E-state index contributed by atoms with van der Waals surface area (Å²) in [5.74, 6) is 0.108. The van der Waals surface area contributed by atoms with E-state index in [9.17, 15) is 13.2 Å². The Balaban J connectivity index is 2.10. The summed E-state index contributed by atoms with van der Waals surface area (Å²) >= 11 is 6.09. The predicted octanol–water partition coefficient (Wildman–Crippen LogP) is 2.54. The van der Waals surface area contributed by atoms with Gasteiger partial charge in [-0.1, -0.05) is 35.9 Å². The molecule has 0 aliphatic rings. The molecular weight excluding hydrogens is 364 g/mol. The molecule has 0 saturated carbocycles. The van der Waals surface area contributed by atoms with E-state index in [0.29, 0.717) is 22.0 Å². The highest BCUT2D eigenvalue weighted by atomic mass is 35.5. The van der Waals surface area contributed by atoms with Gasteiger partial charge in [0, 0.05) is 6.54 Å². The molecule has 0 saturated heterocycles. The maximum Gasteiger partial charge on any atom is 0.255 e. The number of rotatable bonds is 7. The summed E-state index contributed by atoms with van der Waals surface area (Å²) in [5, 5.41) is 3.02. The SMILES string of the molecule is COc1ccccc1C(=O)NCCN(c1ccccc1Cl)S(C)(=O)=O. The molecule has 0 heterocycles. The number of nitrogens with zero attached hydrogens (tertiary/aromatic N) is 1. The van der Waals surface area contributed by atoms with Crippen molar-refractivity contribution in [3.8, 4) is 5.75 Å². The second-order valence-electron chi connectivity index (χ2n) is 5.24. The summed E-state index contributed by atoms with van der Waals surface area (Å²) in [5.41, 5.74) is 0.756. The molecular formula is C17H19ClN2O4S. The minimum absolute atomic E-state index is 0.0590. The Morgan fingerprint density at radius 1 is 1.16 bits per heavy atom. The second kappa shape index (κ2) is 8.22. The Labute approximate surface area is 152 Å². The molecule has 0 spiro atoms. The third-order valence-electron chi connectivity index (χ3n) is 3.47. The van der Waals surface area contributed by atoms with Crippen molar-refractivity contribution in [3.05, 3.63) is 59.1 Å². The van der Waals surface area contributed by atoms with Gasteiger partial charge in [-0.2, -0.15) is 0 Å². The van der Waals surface area contributed by atoms with Gasteiger partial charge in [0.1, 0.15) is 5.75 Å². The standard InChI is InChI=1S/C17H19ClN2O4S/c1-24-16-10-6-3-7-13(16)17(21)19-11-12-20(25(2,22)23)15-9-5-4-8-14(15)18/h3-10H,11-12H2,1-2H3,(H,19,21). The van der Waals surface area contributed by atoms with Crippen molar-refractivity contribution in [2.45, 2.75) is 0 Å². The summed E-state index contributed by atoms with van der Waals surface area (Å²) in [4.78, 5) is 12.3. The highest BCUT2D eigenvalue weighted by Crippen LogP contribution is 2.26. The average molecular weight is 383 g/mol. The van der Waals surface area contributed by atoms with Crippen LogP contribution < -0.4 is 14.4 Å². The number of ether oxygens (including phenoxy) is 1. The van der Waals surface area contributed by atoms with E-state index in [1.165, 1.54) is 7.11 Å². The fourth-order valence-corrected chi connectivity index (χ4v) is 3.54. The molecule has 1 amide bonds. The summed E-state index contributed by atoms with van der Waals surface area (Å²) in [7, 11) is -2.06. The number of benzene rings is 2. The van der Waals surface area contributed by atoms with Crippen LogP contribution in [0, 0.1) is 0 Å². The molecule has 0 aliphatic heterocycles. The number of sulfonamides is 1. The molecule has 134 valence electrons. The Bertz CT molecular complexity index is 855. The zero-order valence-electron chi connectivity index (χ0n) is 13.9. The summed E-state index contributed by atoms with van der Waals surface area (Å²) in [6.45, 7) is 0.179. The number of carbonyl (C=O) groups is 1. The Hall–Kier alpha value is -2.25. The number of hydrogen-bond donors (Lipinski definition) is 1. The van der Waals surface area contributed by atoms with E-state index in [1.54, 1.807) is 48.5 Å². The minimum atomic E-state index is -3.54. The minimum Gasteiger partial charge on any atom is -0.496 e. The lowest BCUT2D eigenvalue weighted by Gasteiger charge is -2.23. The van der Waals surface area contributed by atoms with E-state index in [4.69, 9.17) is 16.3 Å². The van der Waals surface area contributed by atoms with Crippen LogP contribution in [0.4, 0.5) is 5.69 Å². The van der Waals surface area contributed by atoms with E-state index in [0.717, 1.165) is 10.6 Å². The third kappa shape index (κ3) is 4.87. The van der Waals surface area contributed by atoms with E-state index in [-0.39, 0.29) is 19.0 Å². The van der Waals surface area contributed by atoms with Gasteiger partial charge in [-0.05, 0) is 24.3 Å². The molecule has 2 rings (SSSR count). The quantitative estimate of drug-likeness (QED) is 0.798. The molecule has 0 atom stereocenters. The fourth-order valence-electron chi connectivity index (χ4n) is 2.32. The number of amides is 1. The maximum absolute atomic E-state index is 12.3. The van der Waals surface area contributed by atoms with Gasteiger partial charge in [0.15, 0.2) is 0 Å². The summed E-state index contributed by atoms with van der Waals surface area (Å²) in [6, 6.07) is 13.5. The van der Waals surface area contributed by atoms with E-state index >= 15 is 0 Å². The predicted molar refractivity (Wildman–Crippen MR) is 99.0 cm³/mol. The smallest absolute Gasteiger partial charge is 0.255 e. The van der Waals surface area contributed by atoms with Crippen molar-refractivity contribution in [1.29, 1.82) is 0 Å². The Kier molecular flexibility index (Phi) is 6.27. The van der Waals surface area contributed by atoms with Crippen LogP contribution >= 0.6 is 11.6 Å². The lowest BCUT2D eigenvalue weighted by Crippen LogP contribution is -2.38. The van der Waals surface area contributed by atoms with Crippen molar-refractivity contribution in [3.63, 3.8) is 0 Å². The number of halogens is 1. The molecule has 0 bridgehead atoms. The van der Waals surface area contributed by atoms with Gasteiger partial charge >= 0.3 is 0 Å². The van der Waals surface area contributed by atoms with E-state index in [1.807, 2.05) is 0 Å². The van der Waals surface area contributed by atoms with Crippen molar-refractivity contribution < 1.29 is 17.9 Å². The van der Waals surface area contributed by atoms with Crippen molar-refractivity contribution in [2.75, 3.05) is 30.8 Å². The molecule has 0 fully saturated rings. The molecule has 0 aromatic heterocycles. The highest BCUT2D eigenvalue weighted by Gasteiger charge is 2.20. The number of methoxy groups -OCH3 is 1. The molecule has 25 heavy (non-hydrogen) atoms. The number of anilines is 1. The van der Waals surface area contributed by atoms with Gasteiger partial charge in [-0.25, -0.2) is 8.42 Å². The third-order valence-corrected chi connectivity index (χ3v) is 4.97. The lowest BCUT2D eigenvalue weighted by molar-refractivity contribution is 0.0952. The van der Waals surface area contributed by atoms with Crippen LogP contribution in [0.1, 0.15) is 10.4 Å². The van der Waals surface area contributed by atoms with Crippen molar-refractivity contribution in [2.24, 2.45) is 0 Å². The molecule has 0 unspecified atom stereocenters. The van der Waals surface area contributed by atoms with E-state index < -0.39 is 10.0 Å². The van der Waals surface area contributed by atoms with Crippen LogP contribution in [0.2, 0.25) is 5.02 Å². The molecule has 1 N–H and O–H groups in total. The summed E-state index contributed by atoms with van der Waals surface area (Å²) in [6.07, 6.45) is 1.10. The number of hydrogen-bond acceptors (Lipinski definition) is 4. The van der Waals surface area contributed by atoms with Gasteiger partial charge in [-0.3, -0.25) is 9.10 Å². The molecule has 8 heteroatoms. The molecule has 2 aromatic rings. The maximum atomic E-state index is 12.3. The first-order chi connectivity index (χ1) is 11.8. The first kappa shape index (κ1) is 19.1. The van der Waals surface area contributed by atoms with Gasteiger partial charge in [0.25, 0.3) is 5.91 Å². The van der Waals surface area contributed by atoms with Gasteiger partial charge in [0.05, 0.1) is 36.2 Å². The van der Waals surface area contributed by atoms with Crippen LogP contribution in [0.15, 0.2) is 48.5 Å². The van der Waals surface area contributed by atoms with Crippen molar-refractivity contribution >= 4 is 33.2 Å². The second-order valence-corrected chi connectivity index (χ2v) is 7.56. The topological polar surface area (TPSA) is 75.7 Å². The molecule has 0 aliphatic carbocycles. The molecule has 0 radical (unpaired) electrons. The lowest BCUT2D eigenvalue weighted by atomic mass is 10.2. The first-order valence-electron chi connectivity index (χ1n) is 7.48. The highest BCUT2D eigenvalue weighted by molar-refractivity contribution is 7.92. The number of carbonyl (C=O) groups excluding carboxylic acids is 1. The zero-order valence-corrected chi connectivity index (χ0v) is 15.5. The van der Waals surface area contributed by atoms with E-state index in [2.05, 4.69) is 5.32 Å². The van der Waals surface area contributed by atoms with Crippen molar-refractivity contribution in [1.82, 2.24) is 5.32 Å². The van der Waals surface area contributed by atoms with Crippen LogP contribution in [0.3, 0.4) is 0 Å². The van der Waals surface area contributed by atoms with Gasteiger partial charge < -0.3 is 10.1 Å². The number of nitrogens with one attached hydrogen (secondary N) is 1. The fraction of sp³-hybridized carbons (Fsp3) is 0.235. The molecule has 6 nitrogen and oxygen atoms in total. The summed E-state index contributed by atoms with van der Waals surface area (Å²) < 4.78 is 30.4. The van der Waals surface area contributed by atoms with Gasteiger partial charge in [0.2, 0.25) is 10.0 Å². The van der Waals surface area contributed by atoms with Crippen LogP contribution in [0.25, 0.3) is 0 Å². The molecule has 2 aromatic carbocycles. The Morgan fingerprint density at radius 2 is 1.80 bits per heavy atom. The van der Waals surface area contributed by atoms with Crippen LogP contribution in [-0.4, -0.2) is 40.8 Å². The average Bonchev–Trinajstić information content (AvgIpc) is 2.58. The van der Waals surface area contributed by atoms with Crippen LogP contribution in [-0.2, 0) is 10.0 Å². The zero-order chi connectivity index (χ0) is 18.4. The first-order valence-corrected chi connectivity index (χ1v) is 9.70. The normalized spacial score (nSPS) is 11.0. The largest absolute Gasteiger partial charge is 0.496 e. The Morgan fingerprint density at radius 3 is 2.44 bits per heavy atom.